The van der Waals surface area contributed by atoms with Crippen molar-refractivity contribution >= 4 is 11.7 Å². The SMILES string of the molecule is O=C(O)C1CCCN1c1cccc(F)c1. The Bertz CT molecular complexity index is 381. The van der Waals surface area contributed by atoms with E-state index >= 15 is 0 Å². The van der Waals surface area contributed by atoms with Crippen LogP contribution in [0.3, 0.4) is 0 Å². The van der Waals surface area contributed by atoms with E-state index < -0.39 is 12.0 Å². The molecule has 3 nitrogen and oxygen atoms in total. The van der Waals surface area contributed by atoms with E-state index in [2.05, 4.69) is 0 Å². The number of rotatable bonds is 2. The lowest BCUT2D eigenvalue weighted by Crippen LogP contribution is -2.35. The summed E-state index contributed by atoms with van der Waals surface area (Å²) in [6.45, 7) is 0.681. The van der Waals surface area contributed by atoms with Gasteiger partial charge >= 0.3 is 5.97 Å². The van der Waals surface area contributed by atoms with Gasteiger partial charge in [-0.2, -0.15) is 0 Å². The number of carboxylic acid groups (broad SMARTS) is 1. The van der Waals surface area contributed by atoms with Gasteiger partial charge in [-0.1, -0.05) is 6.07 Å². The number of nitrogens with zero attached hydrogens (tertiary/aromatic N) is 1. The molecule has 1 saturated heterocycles. The normalized spacial score (nSPS) is 20.6. The molecule has 1 unspecified atom stereocenters. The number of benzene rings is 1. The smallest absolute Gasteiger partial charge is 0.326 e. The molecule has 1 N–H and O–H groups in total. The summed E-state index contributed by atoms with van der Waals surface area (Å²) in [5, 5.41) is 8.98. The van der Waals surface area contributed by atoms with Gasteiger partial charge in [-0.25, -0.2) is 9.18 Å². The van der Waals surface area contributed by atoms with Crippen LogP contribution in [0.25, 0.3) is 0 Å². The third-order valence-electron chi connectivity index (χ3n) is 2.68. The molecule has 0 aliphatic carbocycles. The molecule has 1 aromatic carbocycles. The maximum Gasteiger partial charge on any atom is 0.326 e. The lowest BCUT2D eigenvalue weighted by Gasteiger charge is -2.23. The molecule has 0 amide bonds. The first-order valence-electron chi connectivity index (χ1n) is 4.93. The van der Waals surface area contributed by atoms with Gasteiger partial charge in [-0.05, 0) is 31.0 Å². The Hall–Kier alpha value is -1.58. The summed E-state index contributed by atoms with van der Waals surface area (Å²) in [5.41, 5.74) is 0.653. The van der Waals surface area contributed by atoms with Gasteiger partial charge in [-0.15, -0.1) is 0 Å². The molecule has 1 aliphatic rings. The summed E-state index contributed by atoms with van der Waals surface area (Å²) >= 11 is 0. The highest BCUT2D eigenvalue weighted by Crippen LogP contribution is 2.25. The highest BCUT2D eigenvalue weighted by molar-refractivity contribution is 5.78. The number of hydrogen-bond donors (Lipinski definition) is 1. The van der Waals surface area contributed by atoms with Crippen molar-refractivity contribution in [3.8, 4) is 0 Å². The lowest BCUT2D eigenvalue weighted by atomic mass is 10.2. The molecule has 0 aromatic heterocycles. The molecule has 0 saturated carbocycles. The van der Waals surface area contributed by atoms with Gasteiger partial charge in [0.15, 0.2) is 0 Å². The Labute approximate surface area is 87.1 Å². The zero-order valence-electron chi connectivity index (χ0n) is 8.19. The number of carbonyl (C=O) groups is 1. The van der Waals surface area contributed by atoms with Gasteiger partial charge in [0.05, 0.1) is 0 Å². The molecule has 0 bridgehead atoms. The zero-order chi connectivity index (χ0) is 10.8. The second-order valence-electron chi connectivity index (χ2n) is 3.67. The van der Waals surface area contributed by atoms with E-state index in [9.17, 15) is 9.18 Å². The van der Waals surface area contributed by atoms with Gasteiger partial charge < -0.3 is 10.0 Å². The number of halogens is 1. The van der Waals surface area contributed by atoms with Crippen LogP contribution < -0.4 is 4.90 Å². The fourth-order valence-corrected chi connectivity index (χ4v) is 1.99. The zero-order valence-corrected chi connectivity index (χ0v) is 8.19. The van der Waals surface area contributed by atoms with E-state index in [1.165, 1.54) is 12.1 Å². The van der Waals surface area contributed by atoms with Crippen molar-refractivity contribution in [3.05, 3.63) is 30.1 Å². The van der Waals surface area contributed by atoms with Gasteiger partial charge in [0.2, 0.25) is 0 Å². The molecule has 0 spiro atoms. The molecular weight excluding hydrogens is 197 g/mol. The van der Waals surface area contributed by atoms with Crippen molar-refractivity contribution < 1.29 is 14.3 Å². The Morgan fingerprint density at radius 2 is 2.33 bits per heavy atom. The molecule has 15 heavy (non-hydrogen) atoms. The lowest BCUT2D eigenvalue weighted by molar-refractivity contribution is -0.138. The molecule has 1 aliphatic heterocycles. The molecule has 0 radical (unpaired) electrons. The van der Waals surface area contributed by atoms with Crippen molar-refractivity contribution in [1.82, 2.24) is 0 Å². The van der Waals surface area contributed by atoms with Gasteiger partial charge in [0.1, 0.15) is 11.9 Å². The minimum Gasteiger partial charge on any atom is -0.480 e. The molecule has 80 valence electrons. The molecule has 1 atom stereocenters. The fraction of sp³-hybridized carbons (Fsp3) is 0.364. The quantitative estimate of drug-likeness (QED) is 0.808. The fourth-order valence-electron chi connectivity index (χ4n) is 1.99. The topological polar surface area (TPSA) is 40.5 Å². The summed E-state index contributed by atoms with van der Waals surface area (Å²) in [6, 6.07) is 5.56. The summed E-state index contributed by atoms with van der Waals surface area (Å²) in [7, 11) is 0. The highest BCUT2D eigenvalue weighted by Gasteiger charge is 2.30. The first kappa shape index (κ1) is 9.96. The average molecular weight is 209 g/mol. The number of anilines is 1. The van der Waals surface area contributed by atoms with Crippen molar-refractivity contribution in [2.75, 3.05) is 11.4 Å². The Morgan fingerprint density at radius 3 is 3.00 bits per heavy atom. The second-order valence-corrected chi connectivity index (χ2v) is 3.67. The number of carboxylic acids is 1. The van der Waals surface area contributed by atoms with Crippen LogP contribution in [-0.2, 0) is 4.79 Å². The molecule has 1 heterocycles. The second kappa shape index (κ2) is 3.88. The molecule has 1 fully saturated rings. The summed E-state index contributed by atoms with van der Waals surface area (Å²) < 4.78 is 13.0. The van der Waals surface area contributed by atoms with Crippen molar-refractivity contribution in [3.63, 3.8) is 0 Å². The van der Waals surface area contributed by atoms with Crippen molar-refractivity contribution in [2.24, 2.45) is 0 Å². The summed E-state index contributed by atoms with van der Waals surface area (Å²) in [6.07, 6.45) is 1.47. The molecule has 2 rings (SSSR count). The van der Waals surface area contributed by atoms with Gasteiger partial charge in [0.25, 0.3) is 0 Å². The standard InChI is InChI=1S/C11H12FNO2/c12-8-3-1-4-9(7-8)13-6-2-5-10(13)11(14)15/h1,3-4,7,10H,2,5-6H2,(H,14,15). The van der Waals surface area contributed by atoms with Crippen LogP contribution in [0.15, 0.2) is 24.3 Å². The van der Waals surface area contributed by atoms with E-state index in [0.717, 1.165) is 6.42 Å². The third kappa shape index (κ3) is 1.93. The maximum absolute atomic E-state index is 13.0. The van der Waals surface area contributed by atoms with Crippen molar-refractivity contribution in [1.29, 1.82) is 0 Å². The predicted octanol–water partition coefficient (Wildman–Crippen LogP) is 1.88. The van der Waals surface area contributed by atoms with E-state index in [1.807, 2.05) is 0 Å². The number of hydrogen-bond acceptors (Lipinski definition) is 2. The Morgan fingerprint density at radius 1 is 1.53 bits per heavy atom. The van der Waals surface area contributed by atoms with Crippen LogP contribution in [-0.4, -0.2) is 23.7 Å². The first-order valence-corrected chi connectivity index (χ1v) is 4.93. The monoisotopic (exact) mass is 209 g/mol. The van der Waals surface area contributed by atoms with Crippen LogP contribution in [0, 0.1) is 5.82 Å². The van der Waals surface area contributed by atoms with Gasteiger partial charge in [0, 0.05) is 12.2 Å². The molecule has 1 aromatic rings. The number of aliphatic carboxylic acids is 1. The van der Waals surface area contributed by atoms with Crippen molar-refractivity contribution in [2.45, 2.75) is 18.9 Å². The minimum absolute atomic E-state index is 0.330. The molecule has 4 heteroatoms. The first-order chi connectivity index (χ1) is 7.18. The summed E-state index contributed by atoms with van der Waals surface area (Å²) in [4.78, 5) is 12.7. The largest absolute Gasteiger partial charge is 0.480 e. The minimum atomic E-state index is -0.836. The van der Waals surface area contributed by atoms with E-state index in [-0.39, 0.29) is 5.82 Å². The van der Waals surface area contributed by atoms with Crippen LogP contribution in [0.5, 0.6) is 0 Å². The van der Waals surface area contributed by atoms with Crippen LogP contribution in [0.1, 0.15) is 12.8 Å². The maximum atomic E-state index is 13.0. The van der Waals surface area contributed by atoms with E-state index in [1.54, 1.807) is 17.0 Å². The third-order valence-corrected chi connectivity index (χ3v) is 2.68. The summed E-state index contributed by atoms with van der Waals surface area (Å²) in [5.74, 6) is -1.17. The predicted molar refractivity (Wildman–Crippen MR) is 54.4 cm³/mol. The van der Waals surface area contributed by atoms with E-state index in [0.29, 0.717) is 18.7 Å². The van der Waals surface area contributed by atoms with Crippen LogP contribution in [0.2, 0.25) is 0 Å². The van der Waals surface area contributed by atoms with Crippen LogP contribution in [0.4, 0.5) is 10.1 Å². The van der Waals surface area contributed by atoms with E-state index in [4.69, 9.17) is 5.11 Å². The Balaban J connectivity index is 2.26. The molecular formula is C11H12FNO2. The average Bonchev–Trinajstić information content (AvgIpc) is 2.65. The van der Waals surface area contributed by atoms with Crippen LogP contribution >= 0.6 is 0 Å². The van der Waals surface area contributed by atoms with Gasteiger partial charge in [-0.3, -0.25) is 0 Å². The highest BCUT2D eigenvalue weighted by atomic mass is 19.1. The Kier molecular flexibility index (Phi) is 2.58.